The number of aryl methyl sites for hydroxylation is 4. The van der Waals surface area contributed by atoms with Crippen LogP contribution in [-0.4, -0.2) is 9.97 Å². The number of hydrogen-bond acceptors (Lipinski definition) is 3. The molecule has 3 nitrogen and oxygen atoms in total. The molecule has 0 N–H and O–H groups in total. The molecule has 3 heterocycles. The first-order valence-electron chi connectivity index (χ1n) is 13.2. The summed E-state index contributed by atoms with van der Waals surface area (Å²) in [6.45, 7) is -4.57. The maximum Gasteiger partial charge on any atom is 0.227 e. The van der Waals surface area contributed by atoms with Crippen molar-refractivity contribution in [2.45, 2.75) is 26.5 Å². The molecule has 0 spiro atoms. The highest BCUT2D eigenvalue weighted by Crippen LogP contribution is 2.34. The van der Waals surface area contributed by atoms with Crippen molar-refractivity contribution in [1.29, 1.82) is 0 Å². The Morgan fingerprint density at radius 1 is 0.931 bits per heavy atom. The van der Waals surface area contributed by atoms with Gasteiger partial charge in [0.25, 0.3) is 0 Å². The van der Waals surface area contributed by atoms with E-state index in [-0.39, 0.29) is 23.4 Å². The van der Waals surface area contributed by atoms with Crippen molar-refractivity contribution < 1.29 is 15.4 Å². The van der Waals surface area contributed by atoms with Gasteiger partial charge in [-0.05, 0) is 68.0 Å². The second-order valence-electron chi connectivity index (χ2n) is 6.81. The number of rotatable bonds is 4. The van der Waals surface area contributed by atoms with Gasteiger partial charge in [0.15, 0.2) is 0 Å². The van der Waals surface area contributed by atoms with Gasteiger partial charge in [0.05, 0.1) is 5.69 Å². The topological polar surface area (TPSA) is 38.9 Å². The van der Waals surface area contributed by atoms with Crippen LogP contribution in [-0.2, 0) is 12.8 Å². The quantitative estimate of drug-likeness (QED) is 0.356. The molecule has 3 heteroatoms. The molecule has 0 amide bonds. The standard InChI is InChI=1S/C26H22N2O/c1-17-6-9-19(10-7-17)11-12-20-14-15-27-24(16-20)23-5-3-4-21-22-13-8-18(2)28-26(22)29-25(21)23/h3-10,13-16H,11-12H2,1-2H3/i1D3,2D3,12D2. The highest BCUT2D eigenvalue weighted by Gasteiger charge is 2.14. The first-order valence-corrected chi connectivity index (χ1v) is 9.22. The second kappa shape index (κ2) is 7.17. The van der Waals surface area contributed by atoms with Gasteiger partial charge < -0.3 is 4.42 Å². The molecule has 5 rings (SSSR count). The van der Waals surface area contributed by atoms with Gasteiger partial charge in [-0.3, -0.25) is 4.98 Å². The van der Waals surface area contributed by atoms with Crippen LogP contribution < -0.4 is 0 Å². The maximum atomic E-state index is 8.71. The summed E-state index contributed by atoms with van der Waals surface area (Å²) < 4.78 is 68.8. The Bertz CT molecular complexity index is 1600. The molecule has 0 bridgehead atoms. The van der Waals surface area contributed by atoms with Gasteiger partial charge in [-0.1, -0.05) is 42.0 Å². The molecule has 5 aromatic rings. The van der Waals surface area contributed by atoms with Gasteiger partial charge in [0.1, 0.15) is 5.58 Å². The molecule has 0 saturated carbocycles. The summed E-state index contributed by atoms with van der Waals surface area (Å²) in [5, 5.41) is 1.43. The average Bonchev–Trinajstić information content (AvgIpc) is 3.21. The van der Waals surface area contributed by atoms with Crippen molar-refractivity contribution in [3.63, 3.8) is 0 Å². The lowest BCUT2D eigenvalue weighted by Gasteiger charge is -2.06. The Labute approximate surface area is 181 Å². The zero-order valence-electron chi connectivity index (χ0n) is 23.4. The van der Waals surface area contributed by atoms with Gasteiger partial charge in [-0.25, -0.2) is 4.98 Å². The minimum Gasteiger partial charge on any atom is -0.437 e. The normalized spacial score (nSPS) is 16.8. The van der Waals surface area contributed by atoms with Crippen LogP contribution in [0.1, 0.15) is 33.4 Å². The fraction of sp³-hybridized carbons (Fsp3) is 0.154. The predicted molar refractivity (Wildman–Crippen MR) is 118 cm³/mol. The van der Waals surface area contributed by atoms with E-state index in [0.29, 0.717) is 33.4 Å². The van der Waals surface area contributed by atoms with Gasteiger partial charge in [0, 0.05) is 39.2 Å². The lowest BCUT2D eigenvalue weighted by atomic mass is 10.0. The third kappa shape index (κ3) is 3.40. The number of fused-ring (bicyclic) bond motifs is 3. The zero-order chi connectivity index (χ0) is 26.6. The average molecular weight is 387 g/mol. The molecule has 3 aromatic heterocycles. The number of furan rings is 1. The Morgan fingerprint density at radius 2 is 1.86 bits per heavy atom. The monoisotopic (exact) mass is 386 g/mol. The molecule has 29 heavy (non-hydrogen) atoms. The second-order valence-corrected chi connectivity index (χ2v) is 6.81. The van der Waals surface area contributed by atoms with Crippen LogP contribution in [0, 0.1) is 13.7 Å². The zero-order valence-corrected chi connectivity index (χ0v) is 15.4. The minimum atomic E-state index is -2.36. The minimum absolute atomic E-state index is 0.0500. The van der Waals surface area contributed by atoms with Gasteiger partial charge >= 0.3 is 0 Å². The van der Waals surface area contributed by atoms with Crippen LogP contribution in [0.3, 0.4) is 0 Å². The Balaban J connectivity index is 1.51. The van der Waals surface area contributed by atoms with Crippen LogP contribution in [0.4, 0.5) is 0 Å². The van der Waals surface area contributed by atoms with Crippen LogP contribution in [0.25, 0.3) is 33.3 Å². The molecule has 0 aliphatic carbocycles. The van der Waals surface area contributed by atoms with E-state index in [1.165, 1.54) is 24.4 Å². The molecular weight excluding hydrogens is 356 g/mol. The summed E-state index contributed by atoms with van der Waals surface area (Å²) >= 11 is 0. The van der Waals surface area contributed by atoms with Gasteiger partial charge in [-0.2, -0.15) is 0 Å². The van der Waals surface area contributed by atoms with Gasteiger partial charge in [-0.15, -0.1) is 0 Å². The largest absolute Gasteiger partial charge is 0.437 e. The Morgan fingerprint density at radius 3 is 2.72 bits per heavy atom. The molecule has 0 aliphatic heterocycles. The van der Waals surface area contributed by atoms with E-state index in [4.69, 9.17) is 15.4 Å². The highest BCUT2D eigenvalue weighted by atomic mass is 16.3. The van der Waals surface area contributed by atoms with E-state index in [9.17, 15) is 0 Å². The summed E-state index contributed by atoms with van der Waals surface area (Å²) in [4.78, 5) is 8.64. The highest BCUT2D eigenvalue weighted by molar-refractivity contribution is 6.08. The molecular formula is C26H22N2O. The predicted octanol–water partition coefficient (Wildman–Crippen LogP) is 6.45. The lowest BCUT2D eigenvalue weighted by molar-refractivity contribution is 0.653. The van der Waals surface area contributed by atoms with Crippen LogP contribution in [0.15, 0.2) is 77.3 Å². The Kier molecular flexibility index (Phi) is 2.70. The van der Waals surface area contributed by atoms with Crippen LogP contribution in [0.2, 0.25) is 0 Å². The first-order chi connectivity index (χ1) is 17.3. The smallest absolute Gasteiger partial charge is 0.227 e. The first kappa shape index (κ1) is 10.9. The van der Waals surface area contributed by atoms with Crippen molar-refractivity contribution in [2.75, 3.05) is 0 Å². The fourth-order valence-corrected chi connectivity index (χ4v) is 3.40. The molecule has 0 unspecified atom stereocenters. The van der Waals surface area contributed by atoms with E-state index in [2.05, 4.69) is 9.97 Å². The van der Waals surface area contributed by atoms with Crippen molar-refractivity contribution >= 4 is 22.1 Å². The van der Waals surface area contributed by atoms with Gasteiger partial charge in [0.2, 0.25) is 5.71 Å². The summed E-state index contributed by atoms with van der Waals surface area (Å²) in [5.41, 5.74) is 3.06. The SMILES string of the molecule is [2H]C([2H])([2H])c1ccc(CC([2H])([2H])c2ccnc(-c3cccc4c3oc3nc(C([2H])([2H])[2H])ccc34)c2)cc1. The lowest BCUT2D eigenvalue weighted by Crippen LogP contribution is -1.93. The molecule has 0 saturated heterocycles. The third-order valence-electron chi connectivity index (χ3n) is 4.85. The summed E-state index contributed by atoms with van der Waals surface area (Å²) in [6.07, 6.45) is -0.168. The molecule has 0 radical (unpaired) electrons. The number of para-hydroxylation sites is 1. The van der Waals surface area contributed by atoms with E-state index in [0.717, 1.165) is 5.39 Å². The van der Waals surface area contributed by atoms with Crippen molar-refractivity contribution in [3.05, 3.63) is 95.3 Å². The number of nitrogens with zero attached hydrogens (tertiary/aromatic N) is 2. The van der Waals surface area contributed by atoms with Crippen LogP contribution in [0.5, 0.6) is 0 Å². The molecule has 2 aromatic carbocycles. The Hall–Kier alpha value is -3.46. The third-order valence-corrected chi connectivity index (χ3v) is 4.85. The van der Waals surface area contributed by atoms with Crippen LogP contribution >= 0.6 is 0 Å². The van der Waals surface area contributed by atoms with Crippen molar-refractivity contribution in [3.8, 4) is 11.3 Å². The molecule has 142 valence electrons. The van der Waals surface area contributed by atoms with Crippen molar-refractivity contribution in [1.82, 2.24) is 9.97 Å². The van der Waals surface area contributed by atoms with E-state index in [1.807, 2.05) is 18.2 Å². The molecule has 0 atom stereocenters. The fourth-order valence-electron chi connectivity index (χ4n) is 3.40. The molecule has 0 fully saturated rings. The number of hydrogen-bond donors (Lipinski definition) is 0. The van der Waals surface area contributed by atoms with E-state index in [1.54, 1.807) is 30.3 Å². The maximum absolute atomic E-state index is 8.71. The summed E-state index contributed by atoms with van der Waals surface area (Å²) in [7, 11) is 0. The van der Waals surface area contributed by atoms with Crippen molar-refractivity contribution in [2.24, 2.45) is 0 Å². The molecule has 0 aliphatic rings. The number of benzene rings is 2. The summed E-state index contributed by atoms with van der Waals surface area (Å²) in [6, 6.07) is 18.2. The number of pyridine rings is 2. The number of aromatic nitrogens is 2. The van der Waals surface area contributed by atoms with E-state index < -0.39 is 20.1 Å². The summed E-state index contributed by atoms with van der Waals surface area (Å²) in [5.74, 6) is 0. The van der Waals surface area contributed by atoms with E-state index >= 15 is 0 Å².